The SMILES string of the molecule is CSC1(CNC(=O)NC(c2ncc(C)s2)C2CC2)CCC1. The quantitative estimate of drug-likeness (QED) is 0.842. The van der Waals surface area contributed by atoms with Gasteiger partial charge in [-0.25, -0.2) is 9.78 Å². The van der Waals surface area contributed by atoms with Crippen LogP contribution in [0.1, 0.15) is 48.0 Å². The molecule has 0 aliphatic heterocycles. The summed E-state index contributed by atoms with van der Waals surface area (Å²) in [5.74, 6) is 0.569. The van der Waals surface area contributed by atoms with Crippen molar-refractivity contribution in [2.75, 3.05) is 12.8 Å². The lowest BCUT2D eigenvalue weighted by atomic mass is 9.84. The molecule has 1 aromatic rings. The van der Waals surface area contributed by atoms with Crippen molar-refractivity contribution in [2.24, 2.45) is 5.92 Å². The first-order chi connectivity index (χ1) is 10.1. The van der Waals surface area contributed by atoms with E-state index in [0.29, 0.717) is 5.92 Å². The fraction of sp³-hybridized carbons (Fsp3) is 0.733. The van der Waals surface area contributed by atoms with Crippen molar-refractivity contribution in [1.29, 1.82) is 0 Å². The van der Waals surface area contributed by atoms with Crippen LogP contribution >= 0.6 is 23.1 Å². The highest BCUT2D eigenvalue weighted by Crippen LogP contribution is 2.43. The fourth-order valence-corrected chi connectivity index (χ4v) is 4.62. The van der Waals surface area contributed by atoms with Crippen LogP contribution in [0.15, 0.2) is 6.20 Å². The van der Waals surface area contributed by atoms with Gasteiger partial charge in [-0.05, 0) is 44.8 Å². The minimum atomic E-state index is -0.0416. The Labute approximate surface area is 134 Å². The summed E-state index contributed by atoms with van der Waals surface area (Å²) in [4.78, 5) is 17.9. The molecular weight excluding hydrogens is 302 g/mol. The Kier molecular flexibility index (Phi) is 4.45. The summed E-state index contributed by atoms with van der Waals surface area (Å²) in [6, 6.07) is 0.0513. The van der Waals surface area contributed by atoms with Crippen LogP contribution in [0.4, 0.5) is 4.79 Å². The highest BCUT2D eigenvalue weighted by Gasteiger charge is 2.38. The molecule has 116 valence electrons. The molecule has 0 bridgehead atoms. The van der Waals surface area contributed by atoms with Crippen LogP contribution in [0, 0.1) is 12.8 Å². The van der Waals surface area contributed by atoms with E-state index in [0.717, 1.165) is 11.6 Å². The van der Waals surface area contributed by atoms with Gasteiger partial charge in [-0.1, -0.05) is 6.42 Å². The predicted molar refractivity (Wildman–Crippen MR) is 88.9 cm³/mol. The molecule has 1 aromatic heterocycles. The minimum Gasteiger partial charge on any atom is -0.337 e. The average molecular weight is 326 g/mol. The van der Waals surface area contributed by atoms with Gasteiger partial charge in [0.1, 0.15) is 5.01 Å². The van der Waals surface area contributed by atoms with Gasteiger partial charge in [-0.2, -0.15) is 11.8 Å². The molecule has 0 aromatic carbocycles. The Morgan fingerprint density at radius 3 is 2.81 bits per heavy atom. The molecule has 0 radical (unpaired) electrons. The van der Waals surface area contributed by atoms with E-state index >= 15 is 0 Å². The van der Waals surface area contributed by atoms with E-state index in [-0.39, 0.29) is 16.8 Å². The molecule has 1 unspecified atom stereocenters. The Morgan fingerprint density at radius 2 is 2.33 bits per heavy atom. The first kappa shape index (κ1) is 15.2. The minimum absolute atomic E-state index is 0.0416. The first-order valence-electron chi connectivity index (χ1n) is 7.64. The van der Waals surface area contributed by atoms with Crippen LogP contribution in [0.5, 0.6) is 0 Å². The Balaban J connectivity index is 1.54. The standard InChI is InChI=1S/C15H23N3OS2/c1-10-8-16-13(21-10)12(11-4-5-11)18-14(19)17-9-15(20-2)6-3-7-15/h8,11-12H,3-7,9H2,1-2H3,(H2,17,18,19). The number of carbonyl (C=O) groups excluding carboxylic acids is 1. The zero-order valence-electron chi connectivity index (χ0n) is 12.6. The van der Waals surface area contributed by atoms with E-state index < -0.39 is 0 Å². The van der Waals surface area contributed by atoms with Crippen molar-refractivity contribution in [3.63, 3.8) is 0 Å². The van der Waals surface area contributed by atoms with Crippen molar-refractivity contribution in [3.05, 3.63) is 16.1 Å². The molecule has 21 heavy (non-hydrogen) atoms. The summed E-state index contributed by atoms with van der Waals surface area (Å²) in [6.45, 7) is 2.83. The fourth-order valence-electron chi connectivity index (χ4n) is 2.78. The third-order valence-electron chi connectivity index (χ3n) is 4.55. The molecule has 1 atom stereocenters. The Hall–Kier alpha value is -0.750. The first-order valence-corrected chi connectivity index (χ1v) is 9.68. The summed E-state index contributed by atoms with van der Waals surface area (Å²) >= 11 is 3.58. The van der Waals surface area contributed by atoms with Gasteiger partial charge in [-0.3, -0.25) is 0 Å². The molecule has 2 fully saturated rings. The number of aromatic nitrogens is 1. The van der Waals surface area contributed by atoms with Crippen LogP contribution in [0.2, 0.25) is 0 Å². The van der Waals surface area contributed by atoms with E-state index in [9.17, 15) is 4.79 Å². The number of hydrogen-bond acceptors (Lipinski definition) is 4. The van der Waals surface area contributed by atoms with E-state index in [2.05, 4.69) is 28.8 Å². The second kappa shape index (κ2) is 6.16. The van der Waals surface area contributed by atoms with E-state index in [1.807, 2.05) is 18.0 Å². The molecule has 2 N–H and O–H groups in total. The third-order valence-corrected chi connectivity index (χ3v) is 6.97. The molecule has 4 nitrogen and oxygen atoms in total. The van der Waals surface area contributed by atoms with E-state index in [1.165, 1.54) is 37.0 Å². The molecule has 0 spiro atoms. The van der Waals surface area contributed by atoms with Crippen LogP contribution in [0.25, 0.3) is 0 Å². The van der Waals surface area contributed by atoms with Gasteiger partial charge in [0.25, 0.3) is 0 Å². The average Bonchev–Trinajstić information content (AvgIpc) is 3.17. The molecule has 2 aliphatic rings. The number of urea groups is 1. The topological polar surface area (TPSA) is 54.0 Å². The number of hydrogen-bond donors (Lipinski definition) is 2. The molecule has 1 heterocycles. The summed E-state index contributed by atoms with van der Waals surface area (Å²) in [7, 11) is 0. The number of carbonyl (C=O) groups is 1. The number of nitrogens with one attached hydrogen (secondary N) is 2. The van der Waals surface area contributed by atoms with Gasteiger partial charge in [0, 0.05) is 22.4 Å². The lowest BCUT2D eigenvalue weighted by molar-refractivity contribution is 0.231. The Bertz CT molecular complexity index is 503. The maximum atomic E-state index is 12.2. The van der Waals surface area contributed by atoms with Gasteiger partial charge >= 0.3 is 6.03 Å². The number of amides is 2. The van der Waals surface area contributed by atoms with Crippen molar-refractivity contribution >= 4 is 29.1 Å². The molecule has 2 amide bonds. The summed E-state index contributed by atoms with van der Waals surface area (Å²) in [5, 5.41) is 7.26. The second-order valence-corrected chi connectivity index (χ2v) is 8.73. The number of aryl methyl sites for hydroxylation is 1. The number of nitrogens with zero attached hydrogens (tertiary/aromatic N) is 1. The second-order valence-electron chi connectivity index (χ2n) is 6.19. The zero-order valence-corrected chi connectivity index (χ0v) is 14.3. The Morgan fingerprint density at radius 1 is 1.57 bits per heavy atom. The van der Waals surface area contributed by atoms with Gasteiger partial charge in [-0.15, -0.1) is 11.3 Å². The van der Waals surface area contributed by atoms with Crippen LogP contribution in [-0.2, 0) is 0 Å². The molecular formula is C15H23N3OS2. The van der Waals surface area contributed by atoms with Gasteiger partial charge in [0.05, 0.1) is 6.04 Å². The molecule has 6 heteroatoms. The van der Waals surface area contributed by atoms with Gasteiger partial charge in [0.2, 0.25) is 0 Å². The molecule has 2 saturated carbocycles. The maximum Gasteiger partial charge on any atom is 0.315 e. The highest BCUT2D eigenvalue weighted by atomic mass is 32.2. The van der Waals surface area contributed by atoms with Crippen LogP contribution < -0.4 is 10.6 Å². The number of thioether (sulfide) groups is 1. The van der Waals surface area contributed by atoms with E-state index in [4.69, 9.17) is 0 Å². The number of rotatable bonds is 6. The monoisotopic (exact) mass is 325 g/mol. The molecule has 2 aliphatic carbocycles. The smallest absolute Gasteiger partial charge is 0.315 e. The van der Waals surface area contributed by atoms with Crippen molar-refractivity contribution in [1.82, 2.24) is 15.6 Å². The van der Waals surface area contributed by atoms with Gasteiger partial charge in [0.15, 0.2) is 0 Å². The van der Waals surface area contributed by atoms with Crippen molar-refractivity contribution in [3.8, 4) is 0 Å². The summed E-state index contributed by atoms with van der Waals surface area (Å²) in [5.41, 5.74) is 0. The summed E-state index contributed by atoms with van der Waals surface area (Å²) in [6.07, 6.45) is 10.1. The lowest BCUT2D eigenvalue weighted by Gasteiger charge is -2.40. The lowest BCUT2D eigenvalue weighted by Crippen LogP contribution is -2.48. The van der Waals surface area contributed by atoms with Gasteiger partial charge < -0.3 is 10.6 Å². The molecule has 0 saturated heterocycles. The van der Waals surface area contributed by atoms with Crippen LogP contribution in [0.3, 0.4) is 0 Å². The normalized spacial score (nSPS) is 21.4. The summed E-state index contributed by atoms with van der Waals surface area (Å²) < 4.78 is 0.282. The van der Waals surface area contributed by atoms with Crippen LogP contribution in [-0.4, -0.2) is 28.6 Å². The van der Waals surface area contributed by atoms with Crippen molar-refractivity contribution in [2.45, 2.75) is 49.8 Å². The number of thiazole rings is 1. The van der Waals surface area contributed by atoms with Crippen molar-refractivity contribution < 1.29 is 4.79 Å². The zero-order chi connectivity index (χ0) is 14.9. The molecule has 3 rings (SSSR count). The predicted octanol–water partition coefficient (Wildman–Crippen LogP) is 3.49. The van der Waals surface area contributed by atoms with E-state index in [1.54, 1.807) is 11.3 Å². The third kappa shape index (κ3) is 3.54. The highest BCUT2D eigenvalue weighted by molar-refractivity contribution is 8.00. The largest absolute Gasteiger partial charge is 0.337 e. The maximum absolute atomic E-state index is 12.2.